The summed E-state index contributed by atoms with van der Waals surface area (Å²) in [4.78, 5) is 8.05. The van der Waals surface area contributed by atoms with Gasteiger partial charge in [0.05, 0.1) is 29.9 Å². The molecule has 2 rings (SSSR count). The Morgan fingerprint density at radius 3 is 2.74 bits per heavy atom. The molecule has 1 fully saturated rings. The van der Waals surface area contributed by atoms with Crippen molar-refractivity contribution in [2.24, 2.45) is 0 Å². The zero-order chi connectivity index (χ0) is 14.0. The molecule has 1 aliphatic heterocycles. The second-order valence-corrected chi connectivity index (χ2v) is 7.09. The van der Waals surface area contributed by atoms with Crippen molar-refractivity contribution in [2.45, 2.75) is 52.2 Å². The van der Waals surface area contributed by atoms with E-state index in [9.17, 15) is 5.11 Å². The SMILES string of the molecule is CCC1CN(c2nc(C(C)(C)C)c(CO)s2)CCO1. The van der Waals surface area contributed by atoms with Crippen molar-refractivity contribution in [1.29, 1.82) is 0 Å². The van der Waals surface area contributed by atoms with Crippen LogP contribution in [0.15, 0.2) is 0 Å². The fourth-order valence-corrected chi connectivity index (χ4v) is 3.47. The molecule has 0 spiro atoms. The number of hydrogen-bond acceptors (Lipinski definition) is 5. The Bertz CT molecular complexity index is 426. The third kappa shape index (κ3) is 3.27. The average Bonchev–Trinajstić information content (AvgIpc) is 2.83. The molecule has 1 N–H and O–H groups in total. The molecule has 19 heavy (non-hydrogen) atoms. The van der Waals surface area contributed by atoms with Crippen molar-refractivity contribution < 1.29 is 9.84 Å². The summed E-state index contributed by atoms with van der Waals surface area (Å²) in [6.07, 6.45) is 1.33. The molecule has 0 aromatic carbocycles. The van der Waals surface area contributed by atoms with Gasteiger partial charge in [-0.25, -0.2) is 4.98 Å². The Balaban J connectivity index is 2.23. The molecule has 1 atom stereocenters. The quantitative estimate of drug-likeness (QED) is 0.926. The smallest absolute Gasteiger partial charge is 0.186 e. The molecule has 0 saturated carbocycles. The molecular formula is C14H24N2O2S. The minimum absolute atomic E-state index is 0.0245. The van der Waals surface area contributed by atoms with Crippen molar-refractivity contribution >= 4 is 16.5 Å². The fraction of sp³-hybridized carbons (Fsp3) is 0.786. The van der Waals surface area contributed by atoms with E-state index in [2.05, 4.69) is 32.6 Å². The monoisotopic (exact) mass is 284 g/mol. The first-order chi connectivity index (χ1) is 8.95. The molecule has 5 heteroatoms. The molecule has 1 saturated heterocycles. The number of nitrogens with zero attached hydrogens (tertiary/aromatic N) is 2. The Morgan fingerprint density at radius 1 is 1.47 bits per heavy atom. The second kappa shape index (κ2) is 5.77. The summed E-state index contributed by atoms with van der Waals surface area (Å²) in [6, 6.07) is 0. The summed E-state index contributed by atoms with van der Waals surface area (Å²) in [5, 5.41) is 10.5. The largest absolute Gasteiger partial charge is 0.391 e. The highest BCUT2D eigenvalue weighted by Crippen LogP contribution is 2.34. The summed E-state index contributed by atoms with van der Waals surface area (Å²) < 4.78 is 5.70. The van der Waals surface area contributed by atoms with E-state index in [1.807, 2.05) is 0 Å². The van der Waals surface area contributed by atoms with Crippen LogP contribution >= 0.6 is 11.3 Å². The number of aliphatic hydroxyl groups is 1. The lowest BCUT2D eigenvalue weighted by molar-refractivity contribution is 0.0384. The minimum Gasteiger partial charge on any atom is -0.391 e. The normalized spacial score (nSPS) is 20.9. The van der Waals surface area contributed by atoms with Crippen LogP contribution in [0.4, 0.5) is 5.13 Å². The van der Waals surface area contributed by atoms with E-state index < -0.39 is 0 Å². The zero-order valence-electron chi connectivity index (χ0n) is 12.3. The third-order valence-electron chi connectivity index (χ3n) is 3.40. The van der Waals surface area contributed by atoms with Crippen LogP contribution in [0.2, 0.25) is 0 Å². The summed E-state index contributed by atoms with van der Waals surface area (Å²) in [5.41, 5.74) is 0.998. The lowest BCUT2D eigenvalue weighted by atomic mass is 9.91. The van der Waals surface area contributed by atoms with Crippen molar-refractivity contribution in [3.8, 4) is 0 Å². The van der Waals surface area contributed by atoms with Gasteiger partial charge in [-0.2, -0.15) is 0 Å². The van der Waals surface area contributed by atoms with Gasteiger partial charge in [-0.1, -0.05) is 39.0 Å². The van der Waals surface area contributed by atoms with E-state index in [1.165, 1.54) is 0 Å². The Morgan fingerprint density at radius 2 is 2.21 bits per heavy atom. The maximum atomic E-state index is 9.52. The first-order valence-corrected chi connectivity index (χ1v) is 7.75. The van der Waals surface area contributed by atoms with Crippen molar-refractivity contribution in [2.75, 3.05) is 24.6 Å². The number of hydrogen-bond donors (Lipinski definition) is 1. The first-order valence-electron chi connectivity index (χ1n) is 6.93. The molecule has 0 aliphatic carbocycles. The molecule has 108 valence electrons. The van der Waals surface area contributed by atoms with Crippen LogP contribution in [0.1, 0.15) is 44.7 Å². The molecule has 0 amide bonds. The maximum Gasteiger partial charge on any atom is 0.186 e. The highest BCUT2D eigenvalue weighted by Gasteiger charge is 2.27. The minimum atomic E-state index is -0.0245. The van der Waals surface area contributed by atoms with Gasteiger partial charge in [0.15, 0.2) is 5.13 Å². The van der Waals surface area contributed by atoms with Gasteiger partial charge in [-0.3, -0.25) is 0 Å². The standard InChI is InChI=1S/C14H24N2O2S/c1-5-10-8-16(6-7-18-10)13-15-12(14(2,3)4)11(9-17)19-13/h10,17H,5-9H2,1-4H3. The Kier molecular flexibility index (Phi) is 4.48. The Labute approximate surface area is 119 Å². The second-order valence-electron chi connectivity index (χ2n) is 6.02. The van der Waals surface area contributed by atoms with Crippen LogP contribution < -0.4 is 4.90 Å². The molecule has 2 heterocycles. The number of aromatic nitrogens is 1. The number of thiazole rings is 1. The van der Waals surface area contributed by atoms with Gasteiger partial charge in [0.2, 0.25) is 0 Å². The molecule has 1 aromatic rings. The lowest BCUT2D eigenvalue weighted by Crippen LogP contribution is -2.42. The highest BCUT2D eigenvalue weighted by molar-refractivity contribution is 7.15. The number of aliphatic hydroxyl groups excluding tert-OH is 1. The molecular weight excluding hydrogens is 260 g/mol. The van der Waals surface area contributed by atoms with Crippen LogP contribution in [0.3, 0.4) is 0 Å². The van der Waals surface area contributed by atoms with Gasteiger partial charge in [-0.05, 0) is 6.42 Å². The summed E-state index contributed by atoms with van der Waals surface area (Å²) >= 11 is 1.61. The number of ether oxygens (including phenoxy) is 1. The molecule has 1 aromatic heterocycles. The van der Waals surface area contributed by atoms with E-state index >= 15 is 0 Å². The topological polar surface area (TPSA) is 45.6 Å². The van der Waals surface area contributed by atoms with Gasteiger partial charge in [0.1, 0.15) is 0 Å². The van der Waals surface area contributed by atoms with Crippen LogP contribution in [0.25, 0.3) is 0 Å². The maximum absolute atomic E-state index is 9.52. The predicted molar refractivity (Wildman–Crippen MR) is 79.0 cm³/mol. The van der Waals surface area contributed by atoms with Gasteiger partial charge in [0, 0.05) is 18.5 Å². The summed E-state index contributed by atoms with van der Waals surface area (Å²) in [6.45, 7) is 11.2. The number of morpholine rings is 1. The third-order valence-corrected chi connectivity index (χ3v) is 4.51. The molecule has 1 unspecified atom stereocenters. The average molecular weight is 284 g/mol. The first kappa shape index (κ1) is 14.8. The summed E-state index contributed by atoms with van der Waals surface area (Å²) in [7, 11) is 0. The van der Waals surface area contributed by atoms with E-state index in [0.717, 1.165) is 41.8 Å². The van der Waals surface area contributed by atoms with Crippen molar-refractivity contribution in [3.05, 3.63) is 10.6 Å². The molecule has 0 radical (unpaired) electrons. The van der Waals surface area contributed by atoms with Crippen molar-refractivity contribution in [1.82, 2.24) is 4.98 Å². The van der Waals surface area contributed by atoms with E-state index in [4.69, 9.17) is 9.72 Å². The van der Waals surface area contributed by atoms with E-state index in [0.29, 0.717) is 6.10 Å². The molecule has 4 nitrogen and oxygen atoms in total. The van der Waals surface area contributed by atoms with E-state index in [-0.39, 0.29) is 12.0 Å². The number of rotatable bonds is 3. The fourth-order valence-electron chi connectivity index (χ4n) is 2.31. The zero-order valence-corrected chi connectivity index (χ0v) is 13.1. The predicted octanol–water partition coefficient (Wildman–Crippen LogP) is 2.55. The van der Waals surface area contributed by atoms with Gasteiger partial charge in [0.25, 0.3) is 0 Å². The van der Waals surface area contributed by atoms with Crippen LogP contribution in [-0.2, 0) is 16.8 Å². The van der Waals surface area contributed by atoms with Crippen molar-refractivity contribution in [3.63, 3.8) is 0 Å². The van der Waals surface area contributed by atoms with Gasteiger partial charge >= 0.3 is 0 Å². The molecule has 0 bridgehead atoms. The van der Waals surface area contributed by atoms with E-state index in [1.54, 1.807) is 11.3 Å². The van der Waals surface area contributed by atoms with Gasteiger partial charge < -0.3 is 14.7 Å². The molecule has 1 aliphatic rings. The van der Waals surface area contributed by atoms with Crippen LogP contribution in [0.5, 0.6) is 0 Å². The summed E-state index contributed by atoms with van der Waals surface area (Å²) in [5.74, 6) is 0. The highest BCUT2D eigenvalue weighted by atomic mass is 32.1. The van der Waals surface area contributed by atoms with Crippen LogP contribution in [0, 0.1) is 0 Å². The lowest BCUT2D eigenvalue weighted by Gasteiger charge is -2.32. The van der Waals surface area contributed by atoms with Gasteiger partial charge in [-0.15, -0.1) is 0 Å². The Hall–Kier alpha value is -0.650. The number of anilines is 1. The van der Waals surface area contributed by atoms with Crippen LogP contribution in [-0.4, -0.2) is 35.9 Å².